The number of hydrogen-bond donors (Lipinski definition) is 0. The van der Waals surface area contributed by atoms with E-state index >= 15 is 0 Å². The number of ether oxygens (including phenoxy) is 2. The Kier molecular flexibility index (Phi) is 6.58. The molecule has 1 aromatic rings. The average molecular weight is 301 g/mol. The van der Waals surface area contributed by atoms with Crippen molar-refractivity contribution in [2.24, 2.45) is 0 Å². The molecule has 0 atom stereocenters. The van der Waals surface area contributed by atoms with E-state index < -0.39 is 12.6 Å². The summed E-state index contributed by atoms with van der Waals surface area (Å²) in [4.78, 5) is 24.9. The number of carbonyl (C=O) groups is 2. The van der Waals surface area contributed by atoms with E-state index in [1.165, 1.54) is 29.2 Å². The van der Waals surface area contributed by atoms with Gasteiger partial charge in [-0.05, 0) is 38.1 Å². The van der Waals surface area contributed by atoms with Crippen molar-refractivity contribution in [1.29, 1.82) is 0 Å². The topological polar surface area (TPSA) is 55.8 Å². The standard InChI is InChI=1S/C14H17F2NO4/c1-3-17(4-2)12(18)9-20-13(19)10-5-7-11(8-6-10)21-14(15)16/h5-8,14H,3-4,9H2,1-2H3. The lowest BCUT2D eigenvalue weighted by Gasteiger charge is -2.18. The van der Waals surface area contributed by atoms with Crippen LogP contribution in [0.5, 0.6) is 5.75 Å². The quantitative estimate of drug-likeness (QED) is 0.725. The van der Waals surface area contributed by atoms with E-state index in [-0.39, 0.29) is 23.8 Å². The minimum atomic E-state index is -2.92. The van der Waals surface area contributed by atoms with Crippen LogP contribution in [-0.4, -0.2) is 43.1 Å². The van der Waals surface area contributed by atoms with Crippen molar-refractivity contribution in [1.82, 2.24) is 4.90 Å². The predicted octanol–water partition coefficient (Wildman–Crippen LogP) is 2.31. The van der Waals surface area contributed by atoms with Crippen LogP contribution < -0.4 is 4.74 Å². The Labute approximate surface area is 121 Å². The van der Waals surface area contributed by atoms with Crippen molar-refractivity contribution in [2.45, 2.75) is 20.5 Å². The van der Waals surface area contributed by atoms with Crippen LogP contribution >= 0.6 is 0 Å². The molecule has 0 fully saturated rings. The summed E-state index contributed by atoms with van der Waals surface area (Å²) in [6.45, 7) is 1.44. The number of alkyl halides is 2. The molecule has 0 aliphatic carbocycles. The minimum absolute atomic E-state index is 0.0548. The Morgan fingerprint density at radius 3 is 2.19 bits per heavy atom. The third kappa shape index (κ3) is 5.37. The maximum absolute atomic E-state index is 12.0. The molecule has 0 N–H and O–H groups in total. The second-order valence-electron chi connectivity index (χ2n) is 4.05. The van der Waals surface area contributed by atoms with Crippen LogP contribution in [0.1, 0.15) is 24.2 Å². The molecule has 0 heterocycles. The van der Waals surface area contributed by atoms with Crippen molar-refractivity contribution in [3.05, 3.63) is 29.8 Å². The number of hydrogen-bond acceptors (Lipinski definition) is 4. The molecular weight excluding hydrogens is 284 g/mol. The fraction of sp³-hybridized carbons (Fsp3) is 0.429. The smallest absolute Gasteiger partial charge is 0.387 e. The molecule has 0 radical (unpaired) electrons. The lowest BCUT2D eigenvalue weighted by atomic mass is 10.2. The number of benzene rings is 1. The Morgan fingerprint density at radius 1 is 1.14 bits per heavy atom. The molecule has 0 aliphatic heterocycles. The highest BCUT2D eigenvalue weighted by atomic mass is 19.3. The zero-order valence-corrected chi connectivity index (χ0v) is 11.8. The van der Waals surface area contributed by atoms with E-state index in [2.05, 4.69) is 4.74 Å². The molecular formula is C14H17F2NO4. The molecule has 5 nitrogen and oxygen atoms in total. The molecule has 7 heteroatoms. The van der Waals surface area contributed by atoms with Crippen LogP contribution in [0, 0.1) is 0 Å². The fourth-order valence-electron chi connectivity index (χ4n) is 1.65. The van der Waals surface area contributed by atoms with E-state index in [1.54, 1.807) is 0 Å². The van der Waals surface area contributed by atoms with Crippen molar-refractivity contribution in [3.63, 3.8) is 0 Å². The number of esters is 1. The first-order valence-electron chi connectivity index (χ1n) is 6.47. The first-order valence-corrected chi connectivity index (χ1v) is 6.47. The summed E-state index contributed by atoms with van der Waals surface area (Å²) in [6.07, 6.45) is 0. The van der Waals surface area contributed by atoms with Gasteiger partial charge >= 0.3 is 12.6 Å². The summed E-state index contributed by atoms with van der Waals surface area (Å²) in [5.74, 6) is -1.04. The van der Waals surface area contributed by atoms with Gasteiger partial charge < -0.3 is 14.4 Å². The molecule has 21 heavy (non-hydrogen) atoms. The predicted molar refractivity (Wildman–Crippen MR) is 71.3 cm³/mol. The largest absolute Gasteiger partial charge is 0.452 e. The van der Waals surface area contributed by atoms with Gasteiger partial charge in [-0.2, -0.15) is 8.78 Å². The van der Waals surface area contributed by atoms with Gasteiger partial charge in [0.25, 0.3) is 5.91 Å². The molecule has 0 aliphatic rings. The van der Waals surface area contributed by atoms with Gasteiger partial charge in [0.2, 0.25) is 0 Å². The van der Waals surface area contributed by atoms with Gasteiger partial charge in [-0.15, -0.1) is 0 Å². The Morgan fingerprint density at radius 2 is 1.71 bits per heavy atom. The number of amides is 1. The minimum Gasteiger partial charge on any atom is -0.452 e. The normalized spacial score (nSPS) is 10.3. The van der Waals surface area contributed by atoms with E-state index in [9.17, 15) is 18.4 Å². The van der Waals surface area contributed by atoms with Crippen LogP contribution in [0.4, 0.5) is 8.78 Å². The van der Waals surface area contributed by atoms with Gasteiger partial charge in [0.05, 0.1) is 5.56 Å². The molecule has 0 bridgehead atoms. The molecule has 0 saturated carbocycles. The van der Waals surface area contributed by atoms with Crippen LogP contribution in [0.3, 0.4) is 0 Å². The van der Waals surface area contributed by atoms with E-state index in [0.717, 1.165) is 0 Å². The van der Waals surface area contributed by atoms with Gasteiger partial charge in [0.15, 0.2) is 6.61 Å². The number of likely N-dealkylation sites (N-methyl/N-ethyl adjacent to an activating group) is 1. The van der Waals surface area contributed by atoms with Gasteiger partial charge in [-0.25, -0.2) is 4.79 Å². The van der Waals surface area contributed by atoms with Crippen molar-refractivity contribution < 1.29 is 27.8 Å². The summed E-state index contributed by atoms with van der Waals surface area (Å²) < 4.78 is 33.0. The summed E-state index contributed by atoms with van der Waals surface area (Å²) in [6, 6.07) is 5.05. The van der Waals surface area contributed by atoms with E-state index in [4.69, 9.17) is 4.74 Å². The van der Waals surface area contributed by atoms with Crippen molar-refractivity contribution in [2.75, 3.05) is 19.7 Å². The third-order valence-corrected chi connectivity index (χ3v) is 2.76. The van der Waals surface area contributed by atoms with Crippen LogP contribution in [0.25, 0.3) is 0 Å². The SMILES string of the molecule is CCN(CC)C(=O)COC(=O)c1ccc(OC(F)F)cc1. The summed E-state index contributed by atoms with van der Waals surface area (Å²) in [7, 11) is 0. The Balaban J connectivity index is 2.54. The van der Waals surface area contributed by atoms with E-state index in [1.807, 2.05) is 13.8 Å². The molecule has 116 valence electrons. The molecule has 0 aromatic heterocycles. The zero-order valence-electron chi connectivity index (χ0n) is 11.8. The molecule has 1 rings (SSSR count). The number of carbonyl (C=O) groups excluding carboxylic acids is 2. The number of halogens is 2. The van der Waals surface area contributed by atoms with Crippen molar-refractivity contribution >= 4 is 11.9 Å². The second kappa shape index (κ2) is 8.18. The molecule has 0 saturated heterocycles. The average Bonchev–Trinajstić information content (AvgIpc) is 2.46. The summed E-state index contributed by atoms with van der Waals surface area (Å²) >= 11 is 0. The molecule has 1 amide bonds. The van der Waals surface area contributed by atoms with Gasteiger partial charge in [0.1, 0.15) is 5.75 Å². The monoisotopic (exact) mass is 301 g/mol. The lowest BCUT2D eigenvalue weighted by molar-refractivity contribution is -0.134. The summed E-state index contributed by atoms with van der Waals surface area (Å²) in [5.41, 5.74) is 0.156. The van der Waals surface area contributed by atoms with Gasteiger partial charge in [-0.1, -0.05) is 0 Å². The highest BCUT2D eigenvalue weighted by Crippen LogP contribution is 2.15. The van der Waals surface area contributed by atoms with Crippen LogP contribution in [-0.2, 0) is 9.53 Å². The molecule has 0 unspecified atom stereocenters. The zero-order chi connectivity index (χ0) is 15.8. The first kappa shape index (κ1) is 16.9. The first-order chi connectivity index (χ1) is 9.97. The van der Waals surface area contributed by atoms with Gasteiger partial charge in [0, 0.05) is 13.1 Å². The Hall–Kier alpha value is -2.18. The molecule has 1 aromatic carbocycles. The molecule has 0 spiro atoms. The maximum Gasteiger partial charge on any atom is 0.387 e. The second-order valence-corrected chi connectivity index (χ2v) is 4.05. The third-order valence-electron chi connectivity index (χ3n) is 2.76. The van der Waals surface area contributed by atoms with Crippen molar-refractivity contribution in [3.8, 4) is 5.75 Å². The highest BCUT2D eigenvalue weighted by Gasteiger charge is 2.14. The van der Waals surface area contributed by atoms with Gasteiger partial charge in [-0.3, -0.25) is 4.79 Å². The highest BCUT2D eigenvalue weighted by molar-refractivity contribution is 5.91. The number of rotatable bonds is 7. The number of nitrogens with zero attached hydrogens (tertiary/aromatic N) is 1. The van der Waals surface area contributed by atoms with E-state index in [0.29, 0.717) is 13.1 Å². The maximum atomic E-state index is 12.0. The summed E-state index contributed by atoms with van der Waals surface area (Å²) in [5, 5.41) is 0. The fourth-order valence-corrected chi connectivity index (χ4v) is 1.65. The van der Waals surface area contributed by atoms with Crippen LogP contribution in [0.15, 0.2) is 24.3 Å². The Bertz CT molecular complexity index is 472. The lowest BCUT2D eigenvalue weighted by Crippen LogP contribution is -2.34. The van der Waals surface area contributed by atoms with Crippen LogP contribution in [0.2, 0.25) is 0 Å².